The van der Waals surface area contributed by atoms with Gasteiger partial charge in [-0.3, -0.25) is 9.59 Å². The van der Waals surface area contributed by atoms with E-state index in [2.05, 4.69) is 21.2 Å². The molecule has 0 amide bonds. The summed E-state index contributed by atoms with van der Waals surface area (Å²) in [5.41, 5.74) is 1.44. The van der Waals surface area contributed by atoms with E-state index in [1.54, 1.807) is 14.0 Å². The molecule has 0 unspecified atom stereocenters. The van der Waals surface area contributed by atoms with Crippen LogP contribution in [0.25, 0.3) is 0 Å². The Hall–Kier alpha value is -2.44. The molecular weight excluding hydrogens is 446 g/mol. The van der Waals surface area contributed by atoms with Gasteiger partial charge in [-0.2, -0.15) is 0 Å². The Labute approximate surface area is 185 Å². The first kappa shape index (κ1) is 22.2. The molecule has 1 aliphatic rings. The number of halogens is 1. The molecule has 0 saturated carbocycles. The molecule has 0 heterocycles. The number of rotatable bonds is 6. The Morgan fingerprint density at radius 2 is 1.70 bits per heavy atom. The summed E-state index contributed by atoms with van der Waals surface area (Å²) < 4.78 is 6.10. The molecule has 0 aromatic heterocycles. The highest BCUT2D eigenvalue weighted by molar-refractivity contribution is 9.10. The smallest absolute Gasteiger partial charge is 0.158 e. The van der Waals surface area contributed by atoms with Crippen LogP contribution in [-0.4, -0.2) is 29.4 Å². The number of nitrogens with one attached hydrogen (secondary N) is 1. The SMILES string of the molecule is COc1ccc(NC2=C(C(C)=O)[C@H](c3ccc(Br)cc3)[C@H](C(C)=O)[C@](C)(O)C2)cc1. The first-order valence-electron chi connectivity index (χ1n) is 9.77. The van der Waals surface area contributed by atoms with Crippen molar-refractivity contribution >= 4 is 33.2 Å². The fraction of sp³-hybridized carbons (Fsp3) is 0.333. The number of ether oxygens (including phenoxy) is 1. The normalized spacial score (nSPS) is 23.8. The van der Waals surface area contributed by atoms with Crippen LogP contribution in [0, 0.1) is 5.92 Å². The predicted molar refractivity (Wildman–Crippen MR) is 121 cm³/mol. The van der Waals surface area contributed by atoms with Crippen molar-refractivity contribution in [1.82, 2.24) is 0 Å². The van der Waals surface area contributed by atoms with Crippen LogP contribution >= 0.6 is 15.9 Å². The van der Waals surface area contributed by atoms with Gasteiger partial charge >= 0.3 is 0 Å². The van der Waals surface area contributed by atoms with E-state index < -0.39 is 17.4 Å². The molecule has 0 radical (unpaired) electrons. The minimum atomic E-state index is -1.31. The van der Waals surface area contributed by atoms with Crippen LogP contribution in [0.15, 0.2) is 64.3 Å². The highest BCUT2D eigenvalue weighted by atomic mass is 79.9. The number of benzene rings is 2. The highest BCUT2D eigenvalue weighted by Crippen LogP contribution is 2.47. The van der Waals surface area contributed by atoms with Crippen LogP contribution in [-0.2, 0) is 9.59 Å². The lowest BCUT2D eigenvalue weighted by Gasteiger charge is -2.43. The molecule has 30 heavy (non-hydrogen) atoms. The van der Waals surface area contributed by atoms with Crippen molar-refractivity contribution in [2.24, 2.45) is 5.92 Å². The van der Waals surface area contributed by atoms with Gasteiger partial charge in [-0.05, 0) is 62.7 Å². The Bertz CT molecular complexity index is 977. The van der Waals surface area contributed by atoms with E-state index in [1.807, 2.05) is 48.5 Å². The number of aliphatic hydroxyl groups is 1. The number of allylic oxidation sites excluding steroid dienone is 1. The van der Waals surface area contributed by atoms with Crippen molar-refractivity contribution in [1.29, 1.82) is 0 Å². The van der Waals surface area contributed by atoms with Gasteiger partial charge in [0, 0.05) is 33.8 Å². The summed E-state index contributed by atoms with van der Waals surface area (Å²) in [4.78, 5) is 25.4. The molecule has 2 aromatic rings. The van der Waals surface area contributed by atoms with Crippen molar-refractivity contribution in [2.75, 3.05) is 12.4 Å². The molecule has 2 aromatic carbocycles. The number of Topliss-reactive ketones (excluding diaryl/α,β-unsaturated/α-hetero) is 2. The van der Waals surface area contributed by atoms with Crippen LogP contribution in [0.2, 0.25) is 0 Å². The molecule has 5 nitrogen and oxygen atoms in total. The fourth-order valence-electron chi connectivity index (χ4n) is 4.37. The predicted octanol–water partition coefficient (Wildman–Crippen LogP) is 4.86. The summed E-state index contributed by atoms with van der Waals surface area (Å²) in [5, 5.41) is 14.6. The van der Waals surface area contributed by atoms with Gasteiger partial charge < -0.3 is 15.2 Å². The van der Waals surface area contributed by atoms with Gasteiger partial charge in [0.1, 0.15) is 11.5 Å². The molecular formula is C24H26BrNO4. The van der Waals surface area contributed by atoms with Crippen LogP contribution in [0.5, 0.6) is 5.75 Å². The van der Waals surface area contributed by atoms with E-state index in [0.717, 1.165) is 21.5 Å². The van der Waals surface area contributed by atoms with E-state index in [0.29, 0.717) is 11.3 Å². The van der Waals surface area contributed by atoms with Crippen LogP contribution in [0.4, 0.5) is 5.69 Å². The largest absolute Gasteiger partial charge is 0.497 e. The van der Waals surface area contributed by atoms with Crippen molar-refractivity contribution in [2.45, 2.75) is 38.7 Å². The Morgan fingerprint density at radius 3 is 2.20 bits per heavy atom. The van der Waals surface area contributed by atoms with E-state index >= 15 is 0 Å². The topological polar surface area (TPSA) is 75.6 Å². The van der Waals surface area contributed by atoms with Crippen LogP contribution < -0.4 is 10.1 Å². The van der Waals surface area contributed by atoms with E-state index in [-0.39, 0.29) is 18.0 Å². The van der Waals surface area contributed by atoms with Gasteiger partial charge in [-0.25, -0.2) is 0 Å². The van der Waals surface area contributed by atoms with Crippen molar-refractivity contribution in [3.8, 4) is 5.75 Å². The molecule has 0 spiro atoms. The third-order valence-electron chi connectivity index (χ3n) is 5.61. The zero-order valence-electron chi connectivity index (χ0n) is 17.5. The lowest BCUT2D eigenvalue weighted by Crippen LogP contribution is -2.48. The zero-order valence-corrected chi connectivity index (χ0v) is 19.1. The monoisotopic (exact) mass is 471 g/mol. The molecule has 0 fully saturated rings. The summed E-state index contributed by atoms with van der Waals surface area (Å²) in [6, 6.07) is 14.9. The van der Waals surface area contributed by atoms with E-state index in [9.17, 15) is 14.7 Å². The van der Waals surface area contributed by atoms with Crippen LogP contribution in [0.3, 0.4) is 0 Å². The summed E-state index contributed by atoms with van der Waals surface area (Å²) in [6.45, 7) is 4.65. The van der Waals surface area contributed by atoms with E-state index in [4.69, 9.17) is 4.74 Å². The first-order valence-corrected chi connectivity index (χ1v) is 10.6. The molecule has 0 bridgehead atoms. The van der Waals surface area contributed by atoms with Crippen molar-refractivity contribution in [3.05, 3.63) is 69.8 Å². The number of carbonyl (C=O) groups excluding carboxylic acids is 2. The van der Waals surface area contributed by atoms with Crippen LogP contribution in [0.1, 0.15) is 38.7 Å². The third-order valence-corrected chi connectivity index (χ3v) is 6.13. The highest BCUT2D eigenvalue weighted by Gasteiger charge is 2.49. The number of ketones is 2. The summed E-state index contributed by atoms with van der Waals surface area (Å²) in [6.07, 6.45) is 0.172. The third kappa shape index (κ3) is 4.50. The lowest BCUT2D eigenvalue weighted by atomic mass is 9.64. The number of methoxy groups -OCH3 is 1. The molecule has 3 atom stereocenters. The van der Waals surface area contributed by atoms with Gasteiger partial charge in [-0.15, -0.1) is 0 Å². The molecule has 0 saturated heterocycles. The number of hydrogen-bond acceptors (Lipinski definition) is 5. The second kappa shape index (κ2) is 8.74. The van der Waals surface area contributed by atoms with Gasteiger partial charge in [0.15, 0.2) is 5.78 Å². The maximum absolute atomic E-state index is 12.8. The minimum Gasteiger partial charge on any atom is -0.497 e. The molecule has 0 aliphatic heterocycles. The number of carbonyl (C=O) groups is 2. The standard InChI is InChI=1S/C24H26BrNO4/c1-14(27)21-20(26-18-9-11-19(30-4)12-10-18)13-24(3,29)23(15(2)28)22(21)16-5-7-17(25)8-6-16/h5-12,22-23,26,29H,13H2,1-4H3/t22-,23-,24+/m0/s1. The lowest BCUT2D eigenvalue weighted by molar-refractivity contribution is -0.131. The molecule has 6 heteroatoms. The Morgan fingerprint density at radius 1 is 1.10 bits per heavy atom. The van der Waals surface area contributed by atoms with Crippen molar-refractivity contribution < 1.29 is 19.4 Å². The average molecular weight is 472 g/mol. The van der Waals surface area contributed by atoms with Crippen molar-refractivity contribution in [3.63, 3.8) is 0 Å². The maximum Gasteiger partial charge on any atom is 0.158 e. The summed E-state index contributed by atoms with van der Waals surface area (Å²) in [5.74, 6) is -0.811. The molecule has 2 N–H and O–H groups in total. The second-order valence-corrected chi connectivity index (χ2v) is 8.87. The quantitative estimate of drug-likeness (QED) is 0.629. The Balaban J connectivity index is 2.16. The summed E-state index contributed by atoms with van der Waals surface area (Å²) >= 11 is 3.43. The fourth-order valence-corrected chi connectivity index (χ4v) is 4.63. The molecule has 1 aliphatic carbocycles. The molecule has 158 valence electrons. The average Bonchev–Trinajstić information content (AvgIpc) is 2.67. The zero-order chi connectivity index (χ0) is 22.1. The maximum atomic E-state index is 12.8. The Kier molecular flexibility index (Phi) is 6.48. The molecule has 3 rings (SSSR count). The van der Waals surface area contributed by atoms with Gasteiger partial charge in [0.2, 0.25) is 0 Å². The number of anilines is 1. The van der Waals surface area contributed by atoms with Gasteiger partial charge in [0.05, 0.1) is 18.6 Å². The minimum absolute atomic E-state index is 0.124. The first-order chi connectivity index (χ1) is 14.1. The van der Waals surface area contributed by atoms with E-state index in [1.165, 1.54) is 13.8 Å². The van der Waals surface area contributed by atoms with Gasteiger partial charge in [-0.1, -0.05) is 28.1 Å². The number of hydrogen-bond donors (Lipinski definition) is 2. The summed E-state index contributed by atoms with van der Waals surface area (Å²) in [7, 11) is 1.60. The van der Waals surface area contributed by atoms with Gasteiger partial charge in [0.25, 0.3) is 0 Å². The second-order valence-electron chi connectivity index (χ2n) is 7.95.